The number of alkyl halides is 3. The first-order valence-electron chi connectivity index (χ1n) is 7.77. The zero-order valence-electron chi connectivity index (χ0n) is 13.8. The molecule has 1 saturated heterocycles. The van der Waals surface area contributed by atoms with Crippen molar-refractivity contribution in [2.45, 2.75) is 25.1 Å². The molecule has 5 nitrogen and oxygen atoms in total. The lowest BCUT2D eigenvalue weighted by Crippen LogP contribution is -2.52. The minimum atomic E-state index is -4.49. The highest BCUT2D eigenvalue weighted by Gasteiger charge is 2.40. The number of esters is 1. The molecule has 0 unspecified atom stereocenters. The van der Waals surface area contributed by atoms with Crippen molar-refractivity contribution in [1.82, 2.24) is 4.90 Å². The zero-order chi connectivity index (χ0) is 19.5. The molecular weight excluding hydrogens is 351 g/mol. The first-order chi connectivity index (χ1) is 12.1. The Labute approximate surface area is 148 Å². The maximum Gasteiger partial charge on any atom is 0.416 e. The summed E-state index contributed by atoms with van der Waals surface area (Å²) in [7, 11) is 0. The average Bonchev–Trinajstić information content (AvgIpc) is 2.57. The van der Waals surface area contributed by atoms with E-state index in [2.05, 4.69) is 13.2 Å². The average molecular weight is 369 g/mol. The summed E-state index contributed by atoms with van der Waals surface area (Å²) >= 11 is 0. The number of hydrogen-bond donors (Lipinski definition) is 1. The van der Waals surface area contributed by atoms with E-state index in [0.717, 1.165) is 17.0 Å². The maximum atomic E-state index is 12.9. The third kappa shape index (κ3) is 4.25. The summed E-state index contributed by atoms with van der Waals surface area (Å²) in [5, 5.41) is 9.27. The van der Waals surface area contributed by atoms with Crippen LogP contribution in [0.3, 0.4) is 0 Å². The van der Waals surface area contributed by atoms with E-state index in [0.29, 0.717) is 5.57 Å². The van der Waals surface area contributed by atoms with Crippen molar-refractivity contribution >= 4 is 17.6 Å². The molecule has 1 heterocycles. The van der Waals surface area contributed by atoms with Gasteiger partial charge in [-0.1, -0.05) is 24.8 Å². The number of carbonyl (C=O) groups excluding carboxylic acids is 1. The van der Waals surface area contributed by atoms with Crippen LogP contribution in [0.2, 0.25) is 0 Å². The SMILES string of the molecule is C=CC[C@H]1[C@H](CC(=C)c2cccc(C(F)(F)F)c2)C(=O)OCN1C(=O)O. The fourth-order valence-corrected chi connectivity index (χ4v) is 2.89. The fourth-order valence-electron chi connectivity index (χ4n) is 2.89. The molecule has 2 atom stereocenters. The van der Waals surface area contributed by atoms with Crippen molar-refractivity contribution in [3.05, 3.63) is 54.6 Å². The van der Waals surface area contributed by atoms with Gasteiger partial charge in [-0.05, 0) is 36.1 Å². The summed E-state index contributed by atoms with van der Waals surface area (Å²) in [5.41, 5.74) is -0.297. The molecule has 1 aromatic rings. The van der Waals surface area contributed by atoms with Gasteiger partial charge in [-0.25, -0.2) is 4.79 Å². The molecular formula is C18H18F3NO4. The van der Waals surface area contributed by atoms with Gasteiger partial charge in [-0.2, -0.15) is 13.2 Å². The van der Waals surface area contributed by atoms with Crippen molar-refractivity contribution < 1.29 is 32.6 Å². The van der Waals surface area contributed by atoms with Crippen LogP contribution >= 0.6 is 0 Å². The van der Waals surface area contributed by atoms with Crippen LogP contribution in [0.15, 0.2) is 43.5 Å². The summed E-state index contributed by atoms with van der Waals surface area (Å²) in [6.07, 6.45) is -4.08. The lowest BCUT2D eigenvalue weighted by molar-refractivity contribution is -0.165. The number of ether oxygens (including phenoxy) is 1. The van der Waals surface area contributed by atoms with Crippen LogP contribution in [-0.4, -0.2) is 34.8 Å². The molecule has 0 aromatic heterocycles. The lowest BCUT2D eigenvalue weighted by atomic mass is 9.86. The molecule has 0 spiro atoms. The monoisotopic (exact) mass is 369 g/mol. The second kappa shape index (κ2) is 7.63. The van der Waals surface area contributed by atoms with E-state index >= 15 is 0 Å². The first kappa shape index (κ1) is 19.6. The predicted octanol–water partition coefficient (Wildman–Crippen LogP) is 4.16. The molecule has 26 heavy (non-hydrogen) atoms. The molecule has 8 heteroatoms. The summed E-state index contributed by atoms with van der Waals surface area (Å²) in [4.78, 5) is 24.5. The molecule has 2 rings (SSSR count). The Hall–Kier alpha value is -2.77. The van der Waals surface area contributed by atoms with E-state index in [1.54, 1.807) is 0 Å². The molecule has 1 N–H and O–H groups in total. The smallest absolute Gasteiger partial charge is 0.416 e. The van der Waals surface area contributed by atoms with Crippen LogP contribution in [0, 0.1) is 5.92 Å². The normalized spacial score (nSPS) is 20.4. The Morgan fingerprint density at radius 2 is 2.12 bits per heavy atom. The van der Waals surface area contributed by atoms with Gasteiger partial charge in [0.2, 0.25) is 0 Å². The Kier molecular flexibility index (Phi) is 5.74. The molecule has 1 aliphatic rings. The van der Waals surface area contributed by atoms with E-state index in [4.69, 9.17) is 4.74 Å². The van der Waals surface area contributed by atoms with Crippen LogP contribution in [0.25, 0.3) is 5.57 Å². The second-order valence-electron chi connectivity index (χ2n) is 5.93. The number of allylic oxidation sites excluding steroid dienone is 1. The number of halogens is 3. The molecule has 0 aliphatic carbocycles. The van der Waals surface area contributed by atoms with Gasteiger partial charge in [-0.3, -0.25) is 9.69 Å². The molecule has 1 amide bonds. The van der Waals surface area contributed by atoms with Crippen molar-refractivity contribution in [2.24, 2.45) is 5.92 Å². The molecule has 1 fully saturated rings. The number of rotatable bonds is 5. The highest BCUT2D eigenvalue weighted by molar-refractivity contribution is 5.79. The Morgan fingerprint density at radius 3 is 2.69 bits per heavy atom. The van der Waals surface area contributed by atoms with Crippen molar-refractivity contribution in [2.75, 3.05) is 6.73 Å². The number of hydrogen-bond acceptors (Lipinski definition) is 3. The fraction of sp³-hybridized carbons (Fsp3) is 0.333. The molecule has 0 radical (unpaired) electrons. The Balaban J connectivity index is 2.26. The summed E-state index contributed by atoms with van der Waals surface area (Å²) in [6, 6.07) is 3.90. The minimum Gasteiger partial charge on any atom is -0.465 e. The number of carbonyl (C=O) groups is 2. The predicted molar refractivity (Wildman–Crippen MR) is 88.0 cm³/mol. The second-order valence-corrected chi connectivity index (χ2v) is 5.93. The summed E-state index contributed by atoms with van der Waals surface area (Å²) in [5.74, 6) is -1.48. The minimum absolute atomic E-state index is 0.0254. The molecule has 0 bridgehead atoms. The van der Waals surface area contributed by atoms with Gasteiger partial charge in [0.15, 0.2) is 6.73 Å². The molecule has 0 saturated carbocycles. The molecule has 140 valence electrons. The topological polar surface area (TPSA) is 66.8 Å². The van der Waals surface area contributed by atoms with Crippen LogP contribution in [-0.2, 0) is 15.7 Å². The van der Waals surface area contributed by atoms with Gasteiger partial charge in [0.1, 0.15) is 0 Å². The third-order valence-electron chi connectivity index (χ3n) is 4.23. The summed E-state index contributed by atoms with van der Waals surface area (Å²) in [6.45, 7) is 6.95. The highest BCUT2D eigenvalue weighted by atomic mass is 19.4. The first-order valence-corrected chi connectivity index (χ1v) is 7.77. The number of carboxylic acid groups (broad SMARTS) is 1. The largest absolute Gasteiger partial charge is 0.465 e. The number of nitrogens with zero attached hydrogens (tertiary/aromatic N) is 1. The van der Waals surface area contributed by atoms with E-state index in [9.17, 15) is 27.9 Å². The number of cyclic esters (lactones) is 1. The standard InChI is InChI=1S/C18H18F3NO4/c1-3-5-15-14(16(23)26-10-22(15)17(24)25)8-11(2)12-6-4-7-13(9-12)18(19,20)21/h3-4,6-7,9,14-15H,1-2,5,8,10H2,(H,24,25)/t14-,15-/m0/s1. The quantitative estimate of drug-likeness (QED) is 0.625. The number of amides is 1. The van der Waals surface area contributed by atoms with Crippen molar-refractivity contribution in [3.8, 4) is 0 Å². The van der Waals surface area contributed by atoms with Crippen LogP contribution in [0.5, 0.6) is 0 Å². The van der Waals surface area contributed by atoms with Crippen LogP contribution in [0.1, 0.15) is 24.0 Å². The van der Waals surface area contributed by atoms with Gasteiger partial charge < -0.3 is 9.84 Å². The Bertz CT molecular complexity index is 729. The maximum absolute atomic E-state index is 12.9. The highest BCUT2D eigenvalue weighted by Crippen LogP contribution is 2.34. The van der Waals surface area contributed by atoms with Crippen LogP contribution in [0.4, 0.5) is 18.0 Å². The van der Waals surface area contributed by atoms with Crippen LogP contribution < -0.4 is 0 Å². The van der Waals surface area contributed by atoms with Gasteiger partial charge in [0.05, 0.1) is 17.5 Å². The van der Waals surface area contributed by atoms with Crippen molar-refractivity contribution in [1.29, 1.82) is 0 Å². The molecule has 1 aliphatic heterocycles. The van der Waals surface area contributed by atoms with E-state index < -0.39 is 35.8 Å². The van der Waals surface area contributed by atoms with E-state index in [1.165, 1.54) is 18.2 Å². The zero-order valence-corrected chi connectivity index (χ0v) is 13.8. The Morgan fingerprint density at radius 1 is 1.42 bits per heavy atom. The van der Waals surface area contributed by atoms with E-state index in [1.807, 2.05) is 0 Å². The van der Waals surface area contributed by atoms with Gasteiger partial charge in [0.25, 0.3) is 0 Å². The van der Waals surface area contributed by atoms with Gasteiger partial charge in [-0.15, -0.1) is 6.58 Å². The van der Waals surface area contributed by atoms with Crippen molar-refractivity contribution in [3.63, 3.8) is 0 Å². The van der Waals surface area contributed by atoms with Gasteiger partial charge in [0, 0.05) is 0 Å². The van der Waals surface area contributed by atoms with E-state index in [-0.39, 0.29) is 25.1 Å². The number of benzene rings is 1. The van der Waals surface area contributed by atoms with Gasteiger partial charge >= 0.3 is 18.2 Å². The lowest BCUT2D eigenvalue weighted by Gasteiger charge is -2.38. The third-order valence-corrected chi connectivity index (χ3v) is 4.23. The molecule has 1 aromatic carbocycles. The summed E-state index contributed by atoms with van der Waals surface area (Å²) < 4.78 is 43.5.